The fourth-order valence-corrected chi connectivity index (χ4v) is 2.46. The van der Waals surface area contributed by atoms with Crippen molar-refractivity contribution in [3.63, 3.8) is 0 Å². The number of halogens is 1. The lowest BCUT2D eigenvalue weighted by atomic mass is 10.1. The number of carbonyl (C=O) groups excluding carboxylic acids is 1. The zero-order valence-electron chi connectivity index (χ0n) is 11.8. The van der Waals surface area contributed by atoms with Crippen molar-refractivity contribution < 1.29 is 19.4 Å². The Morgan fingerprint density at radius 1 is 1.23 bits per heavy atom. The predicted octanol–water partition coefficient (Wildman–Crippen LogP) is 1.31. The number of carbonyl (C=O) groups is 1. The van der Waals surface area contributed by atoms with Gasteiger partial charge in [-0.2, -0.15) is 5.10 Å². The smallest absolute Gasteiger partial charge is 0.278 e. The lowest BCUT2D eigenvalue weighted by molar-refractivity contribution is 0.0539. The van der Waals surface area contributed by atoms with E-state index in [1.54, 1.807) is 4.90 Å². The van der Waals surface area contributed by atoms with Crippen LogP contribution in [0.5, 0.6) is 5.75 Å². The predicted molar refractivity (Wildman–Crippen MR) is 76.3 cm³/mol. The number of aliphatic hydroxyl groups is 1. The van der Waals surface area contributed by atoms with Crippen molar-refractivity contribution in [2.75, 3.05) is 13.1 Å². The molecular formula is C15H16FN3O3. The van der Waals surface area contributed by atoms with Crippen LogP contribution in [0, 0.1) is 5.82 Å². The number of hydrogen-bond acceptors (Lipinski definition) is 4. The number of hydrogen-bond donors (Lipinski definition) is 2. The van der Waals surface area contributed by atoms with Crippen molar-refractivity contribution in [1.82, 2.24) is 14.7 Å². The van der Waals surface area contributed by atoms with E-state index in [0.29, 0.717) is 31.6 Å². The van der Waals surface area contributed by atoms with E-state index in [4.69, 9.17) is 0 Å². The Bertz CT molecular complexity index is 676. The first-order valence-corrected chi connectivity index (χ1v) is 7.06. The summed E-state index contributed by atoms with van der Waals surface area (Å²) in [4.78, 5) is 13.9. The summed E-state index contributed by atoms with van der Waals surface area (Å²) >= 11 is 0. The van der Waals surface area contributed by atoms with E-state index in [0.717, 1.165) is 0 Å². The van der Waals surface area contributed by atoms with Gasteiger partial charge in [-0.1, -0.05) is 0 Å². The third-order valence-electron chi connectivity index (χ3n) is 3.74. The average molecular weight is 305 g/mol. The highest BCUT2D eigenvalue weighted by molar-refractivity contribution is 5.94. The van der Waals surface area contributed by atoms with Gasteiger partial charge in [0.2, 0.25) is 0 Å². The summed E-state index contributed by atoms with van der Waals surface area (Å²) in [5.74, 6) is -0.964. The van der Waals surface area contributed by atoms with Crippen LogP contribution in [0.3, 0.4) is 0 Å². The van der Waals surface area contributed by atoms with Crippen LogP contribution in [-0.2, 0) is 0 Å². The summed E-state index contributed by atoms with van der Waals surface area (Å²) in [6, 6.07) is 5.57. The summed E-state index contributed by atoms with van der Waals surface area (Å²) < 4.78 is 14.3. The molecule has 1 saturated heterocycles. The summed E-state index contributed by atoms with van der Waals surface area (Å²) in [5, 5.41) is 23.5. The monoisotopic (exact) mass is 305 g/mol. The van der Waals surface area contributed by atoms with E-state index in [1.807, 2.05) is 0 Å². The first-order chi connectivity index (χ1) is 10.5. The van der Waals surface area contributed by atoms with Crippen LogP contribution in [0.1, 0.15) is 23.3 Å². The molecule has 2 N–H and O–H groups in total. The van der Waals surface area contributed by atoms with Gasteiger partial charge in [-0.25, -0.2) is 9.07 Å². The number of nitrogens with zero attached hydrogens (tertiary/aromatic N) is 3. The molecule has 1 amide bonds. The maximum atomic E-state index is 12.9. The normalized spacial score (nSPS) is 16.0. The van der Waals surface area contributed by atoms with Gasteiger partial charge in [-0.15, -0.1) is 0 Å². The van der Waals surface area contributed by atoms with Crippen molar-refractivity contribution in [3.05, 3.63) is 42.0 Å². The third kappa shape index (κ3) is 2.80. The summed E-state index contributed by atoms with van der Waals surface area (Å²) in [5.41, 5.74) is 0.505. The van der Waals surface area contributed by atoms with Crippen LogP contribution in [0.4, 0.5) is 4.39 Å². The van der Waals surface area contributed by atoms with Crippen LogP contribution in [-0.4, -0.2) is 50.0 Å². The van der Waals surface area contributed by atoms with Gasteiger partial charge in [-0.05, 0) is 37.1 Å². The molecule has 1 aromatic heterocycles. The number of aromatic hydroxyl groups is 1. The molecule has 0 aliphatic carbocycles. The number of benzene rings is 1. The third-order valence-corrected chi connectivity index (χ3v) is 3.74. The lowest BCUT2D eigenvalue weighted by Crippen LogP contribution is -2.40. The van der Waals surface area contributed by atoms with E-state index in [9.17, 15) is 19.4 Å². The number of rotatable bonds is 2. The average Bonchev–Trinajstić information content (AvgIpc) is 2.90. The molecular weight excluding hydrogens is 289 g/mol. The molecule has 1 aliphatic heterocycles. The molecule has 0 radical (unpaired) electrons. The van der Waals surface area contributed by atoms with Gasteiger partial charge in [0.05, 0.1) is 18.0 Å². The largest absolute Gasteiger partial charge is 0.504 e. The molecule has 1 aromatic carbocycles. The first-order valence-electron chi connectivity index (χ1n) is 7.06. The van der Waals surface area contributed by atoms with Crippen LogP contribution in [0.15, 0.2) is 30.5 Å². The van der Waals surface area contributed by atoms with Gasteiger partial charge >= 0.3 is 0 Å². The molecule has 7 heteroatoms. The number of likely N-dealkylation sites (tertiary alicyclic amines) is 1. The number of aromatic nitrogens is 2. The van der Waals surface area contributed by atoms with E-state index in [2.05, 4.69) is 5.10 Å². The van der Waals surface area contributed by atoms with Gasteiger partial charge in [0.1, 0.15) is 5.82 Å². The minimum atomic E-state index is -0.380. The lowest BCUT2D eigenvalue weighted by Gasteiger charge is -2.28. The number of aliphatic hydroxyl groups excluding tert-OH is 1. The molecule has 116 valence electrons. The Hall–Kier alpha value is -2.41. The Balaban J connectivity index is 1.83. The topological polar surface area (TPSA) is 78.6 Å². The Kier molecular flexibility index (Phi) is 3.81. The molecule has 0 saturated carbocycles. The first kappa shape index (κ1) is 14.5. The van der Waals surface area contributed by atoms with E-state index in [-0.39, 0.29) is 29.3 Å². The fourth-order valence-electron chi connectivity index (χ4n) is 2.46. The summed E-state index contributed by atoms with van der Waals surface area (Å²) in [6.45, 7) is 0.867. The second-order valence-corrected chi connectivity index (χ2v) is 5.31. The summed E-state index contributed by atoms with van der Waals surface area (Å²) in [7, 11) is 0. The van der Waals surface area contributed by atoms with Crippen LogP contribution in [0.2, 0.25) is 0 Å². The summed E-state index contributed by atoms with van der Waals surface area (Å²) in [6.07, 6.45) is 1.98. The Morgan fingerprint density at radius 2 is 1.86 bits per heavy atom. The highest BCUT2D eigenvalue weighted by atomic mass is 19.1. The minimum Gasteiger partial charge on any atom is -0.504 e. The molecule has 2 aromatic rings. The second kappa shape index (κ2) is 5.76. The van der Waals surface area contributed by atoms with Gasteiger partial charge in [0, 0.05) is 13.1 Å². The number of amides is 1. The standard InChI is InChI=1S/C15H16FN3O3/c16-10-1-3-11(4-2-10)19-9-13(21)14(17-19)15(22)18-7-5-12(20)6-8-18/h1-4,9,12,20-21H,5-8H2. The minimum absolute atomic E-state index is 0.0410. The van der Waals surface area contributed by atoms with Gasteiger partial charge < -0.3 is 15.1 Å². The van der Waals surface area contributed by atoms with Crippen molar-refractivity contribution in [1.29, 1.82) is 0 Å². The molecule has 6 nitrogen and oxygen atoms in total. The molecule has 1 fully saturated rings. The number of piperidine rings is 1. The maximum Gasteiger partial charge on any atom is 0.278 e. The van der Waals surface area contributed by atoms with Crippen LogP contribution < -0.4 is 0 Å². The second-order valence-electron chi connectivity index (χ2n) is 5.31. The molecule has 0 atom stereocenters. The van der Waals surface area contributed by atoms with Crippen molar-refractivity contribution >= 4 is 5.91 Å². The molecule has 0 spiro atoms. The highest BCUT2D eigenvalue weighted by Crippen LogP contribution is 2.21. The van der Waals surface area contributed by atoms with Crippen molar-refractivity contribution in [2.24, 2.45) is 0 Å². The molecule has 3 rings (SSSR count). The highest BCUT2D eigenvalue weighted by Gasteiger charge is 2.26. The molecule has 2 heterocycles. The zero-order valence-corrected chi connectivity index (χ0v) is 11.8. The fraction of sp³-hybridized carbons (Fsp3) is 0.333. The van der Waals surface area contributed by atoms with Crippen molar-refractivity contribution in [3.8, 4) is 11.4 Å². The van der Waals surface area contributed by atoms with Gasteiger partial charge in [0.25, 0.3) is 5.91 Å². The SMILES string of the molecule is O=C(c1nn(-c2ccc(F)cc2)cc1O)N1CCC(O)CC1. The van der Waals surface area contributed by atoms with E-state index in [1.165, 1.54) is 35.1 Å². The van der Waals surface area contributed by atoms with Gasteiger partial charge in [-0.3, -0.25) is 4.79 Å². The Labute approximate surface area is 126 Å². The maximum absolute atomic E-state index is 12.9. The zero-order chi connectivity index (χ0) is 15.7. The molecule has 0 unspecified atom stereocenters. The quantitative estimate of drug-likeness (QED) is 0.877. The van der Waals surface area contributed by atoms with Crippen molar-refractivity contribution in [2.45, 2.75) is 18.9 Å². The van der Waals surface area contributed by atoms with E-state index >= 15 is 0 Å². The molecule has 0 bridgehead atoms. The molecule has 22 heavy (non-hydrogen) atoms. The van der Waals surface area contributed by atoms with E-state index < -0.39 is 0 Å². The molecule has 1 aliphatic rings. The Morgan fingerprint density at radius 3 is 2.50 bits per heavy atom. The van der Waals surface area contributed by atoms with Gasteiger partial charge in [0.15, 0.2) is 11.4 Å². The van der Waals surface area contributed by atoms with Crippen LogP contribution in [0.25, 0.3) is 5.69 Å². The van der Waals surface area contributed by atoms with Crippen LogP contribution >= 0.6 is 0 Å².